The van der Waals surface area contributed by atoms with E-state index in [1.165, 1.54) is 24.2 Å². The van der Waals surface area contributed by atoms with Crippen LogP contribution in [0.3, 0.4) is 0 Å². The molecule has 0 bridgehead atoms. The summed E-state index contributed by atoms with van der Waals surface area (Å²) in [5, 5.41) is 3.61. The normalized spacial score (nSPS) is 16.4. The molecule has 1 aliphatic rings. The summed E-state index contributed by atoms with van der Waals surface area (Å²) in [6.45, 7) is 4.48. The van der Waals surface area contributed by atoms with E-state index < -0.39 is 0 Å². The molecule has 2 heterocycles. The number of para-hydroxylation sites is 2. The third-order valence-corrected chi connectivity index (χ3v) is 3.97. The fraction of sp³-hybridized carbons (Fsp3) is 0.438. The number of benzene rings is 1. The van der Waals surface area contributed by atoms with E-state index in [-0.39, 0.29) is 6.04 Å². The Morgan fingerprint density at radius 3 is 2.65 bits per heavy atom. The highest BCUT2D eigenvalue weighted by molar-refractivity contribution is 5.70. The average Bonchev–Trinajstić information content (AvgIpc) is 3.10. The topological polar surface area (TPSA) is 33.1 Å². The summed E-state index contributed by atoms with van der Waals surface area (Å²) in [6.07, 6.45) is 6.42. The van der Waals surface area contributed by atoms with Gasteiger partial charge in [-0.3, -0.25) is 0 Å². The van der Waals surface area contributed by atoms with Gasteiger partial charge in [-0.05, 0) is 31.9 Å². The molecule has 0 spiro atoms. The molecule has 0 aliphatic carbocycles. The number of anilines is 2. The zero-order valence-corrected chi connectivity index (χ0v) is 12.2. The van der Waals surface area contributed by atoms with Crippen LogP contribution in [0.25, 0.3) is 0 Å². The number of rotatable bonds is 4. The number of aryl methyl sites for hydroxylation is 1. The van der Waals surface area contributed by atoms with Crippen molar-refractivity contribution in [2.75, 3.05) is 23.3 Å². The Kier molecular flexibility index (Phi) is 3.63. The minimum absolute atomic E-state index is 0.193. The Morgan fingerprint density at radius 1 is 1.20 bits per heavy atom. The van der Waals surface area contributed by atoms with Crippen molar-refractivity contribution in [1.29, 1.82) is 0 Å². The van der Waals surface area contributed by atoms with Crippen LogP contribution >= 0.6 is 0 Å². The minimum atomic E-state index is 0.193. The van der Waals surface area contributed by atoms with Crippen molar-refractivity contribution in [1.82, 2.24) is 9.55 Å². The van der Waals surface area contributed by atoms with Gasteiger partial charge in [0.2, 0.25) is 0 Å². The monoisotopic (exact) mass is 270 g/mol. The first kappa shape index (κ1) is 13.0. The van der Waals surface area contributed by atoms with Crippen molar-refractivity contribution < 1.29 is 0 Å². The summed E-state index contributed by atoms with van der Waals surface area (Å²) >= 11 is 0. The molecular weight excluding hydrogens is 248 g/mol. The van der Waals surface area contributed by atoms with Gasteiger partial charge in [-0.1, -0.05) is 12.1 Å². The second-order valence-electron chi connectivity index (χ2n) is 5.47. The molecular formula is C16H22N4. The maximum absolute atomic E-state index is 4.43. The molecule has 1 N–H and O–H groups in total. The summed E-state index contributed by atoms with van der Waals surface area (Å²) in [5.74, 6) is 1.06. The summed E-state index contributed by atoms with van der Waals surface area (Å²) in [5.41, 5.74) is 2.51. The van der Waals surface area contributed by atoms with Crippen LogP contribution < -0.4 is 10.2 Å². The molecule has 1 atom stereocenters. The Bertz CT molecular complexity index is 569. The molecule has 1 fully saturated rings. The molecule has 0 radical (unpaired) electrons. The SMILES string of the molecule is CC(Nc1ccccc1N1CCCC1)c1nccn1C. The fourth-order valence-electron chi connectivity index (χ4n) is 2.92. The number of nitrogens with one attached hydrogen (secondary N) is 1. The molecule has 4 heteroatoms. The largest absolute Gasteiger partial charge is 0.374 e. The summed E-state index contributed by atoms with van der Waals surface area (Å²) in [7, 11) is 2.03. The van der Waals surface area contributed by atoms with Crippen LogP contribution in [-0.2, 0) is 7.05 Å². The standard InChI is InChI=1S/C16H22N4/c1-13(16-17-9-12-19(16)2)18-14-7-3-4-8-15(14)20-10-5-6-11-20/h3-4,7-9,12-13,18H,5-6,10-11H2,1-2H3. The lowest BCUT2D eigenvalue weighted by molar-refractivity contribution is 0.721. The number of nitrogens with zero attached hydrogens (tertiary/aromatic N) is 3. The molecule has 20 heavy (non-hydrogen) atoms. The van der Waals surface area contributed by atoms with Gasteiger partial charge in [0.25, 0.3) is 0 Å². The van der Waals surface area contributed by atoms with Gasteiger partial charge >= 0.3 is 0 Å². The first-order valence-electron chi connectivity index (χ1n) is 7.33. The lowest BCUT2D eigenvalue weighted by atomic mass is 10.2. The second-order valence-corrected chi connectivity index (χ2v) is 5.47. The van der Waals surface area contributed by atoms with E-state index in [2.05, 4.69) is 51.0 Å². The maximum atomic E-state index is 4.43. The third kappa shape index (κ3) is 2.50. The molecule has 1 saturated heterocycles. The van der Waals surface area contributed by atoms with Gasteiger partial charge in [0.05, 0.1) is 17.4 Å². The Labute approximate surface area is 120 Å². The third-order valence-electron chi connectivity index (χ3n) is 3.97. The van der Waals surface area contributed by atoms with E-state index in [1.807, 2.05) is 19.4 Å². The Morgan fingerprint density at radius 2 is 1.95 bits per heavy atom. The van der Waals surface area contributed by atoms with Crippen molar-refractivity contribution >= 4 is 11.4 Å². The van der Waals surface area contributed by atoms with Gasteiger partial charge in [-0.2, -0.15) is 0 Å². The van der Waals surface area contributed by atoms with Crippen molar-refractivity contribution in [3.63, 3.8) is 0 Å². The van der Waals surface area contributed by atoms with Gasteiger partial charge in [-0.25, -0.2) is 4.98 Å². The molecule has 1 aliphatic heterocycles. The highest BCUT2D eigenvalue weighted by Gasteiger charge is 2.17. The van der Waals surface area contributed by atoms with E-state index in [4.69, 9.17) is 0 Å². The van der Waals surface area contributed by atoms with E-state index in [9.17, 15) is 0 Å². The molecule has 2 aromatic rings. The quantitative estimate of drug-likeness (QED) is 0.926. The van der Waals surface area contributed by atoms with Crippen molar-refractivity contribution in [3.05, 3.63) is 42.5 Å². The minimum Gasteiger partial charge on any atom is -0.374 e. The van der Waals surface area contributed by atoms with Crippen LogP contribution in [0.1, 0.15) is 31.6 Å². The first-order chi connectivity index (χ1) is 9.75. The fourth-order valence-corrected chi connectivity index (χ4v) is 2.92. The first-order valence-corrected chi connectivity index (χ1v) is 7.33. The molecule has 1 aromatic carbocycles. The van der Waals surface area contributed by atoms with Crippen LogP contribution in [0.2, 0.25) is 0 Å². The van der Waals surface area contributed by atoms with Crippen molar-refractivity contribution in [3.8, 4) is 0 Å². The number of hydrogen-bond donors (Lipinski definition) is 1. The zero-order valence-electron chi connectivity index (χ0n) is 12.2. The zero-order chi connectivity index (χ0) is 13.9. The average molecular weight is 270 g/mol. The van der Waals surface area contributed by atoms with Gasteiger partial charge in [-0.15, -0.1) is 0 Å². The van der Waals surface area contributed by atoms with Gasteiger partial charge in [0, 0.05) is 32.5 Å². The molecule has 4 nitrogen and oxygen atoms in total. The number of aromatic nitrogens is 2. The molecule has 0 amide bonds. The predicted octanol–water partition coefficient (Wildman–Crippen LogP) is 3.19. The second kappa shape index (κ2) is 5.57. The van der Waals surface area contributed by atoms with Gasteiger partial charge in [0.15, 0.2) is 0 Å². The van der Waals surface area contributed by atoms with Crippen LogP contribution in [0.15, 0.2) is 36.7 Å². The van der Waals surface area contributed by atoms with Crippen LogP contribution in [0, 0.1) is 0 Å². The van der Waals surface area contributed by atoms with E-state index >= 15 is 0 Å². The van der Waals surface area contributed by atoms with Crippen molar-refractivity contribution in [2.24, 2.45) is 7.05 Å². The molecule has 1 aromatic heterocycles. The van der Waals surface area contributed by atoms with Crippen LogP contribution in [0.4, 0.5) is 11.4 Å². The number of hydrogen-bond acceptors (Lipinski definition) is 3. The molecule has 0 saturated carbocycles. The predicted molar refractivity (Wildman–Crippen MR) is 83.1 cm³/mol. The summed E-state index contributed by atoms with van der Waals surface area (Å²) in [4.78, 5) is 6.89. The molecule has 106 valence electrons. The number of imidazole rings is 1. The molecule has 3 rings (SSSR count). The Balaban J connectivity index is 1.82. The Hall–Kier alpha value is -1.97. The smallest absolute Gasteiger partial charge is 0.130 e. The lowest BCUT2D eigenvalue weighted by Crippen LogP contribution is -2.20. The molecule has 1 unspecified atom stereocenters. The summed E-state index contributed by atoms with van der Waals surface area (Å²) in [6, 6.07) is 8.77. The van der Waals surface area contributed by atoms with E-state index in [0.29, 0.717) is 0 Å². The van der Waals surface area contributed by atoms with E-state index in [1.54, 1.807) is 0 Å². The maximum Gasteiger partial charge on any atom is 0.130 e. The van der Waals surface area contributed by atoms with Crippen LogP contribution in [0.5, 0.6) is 0 Å². The summed E-state index contributed by atoms with van der Waals surface area (Å²) < 4.78 is 2.07. The van der Waals surface area contributed by atoms with Crippen LogP contribution in [-0.4, -0.2) is 22.6 Å². The van der Waals surface area contributed by atoms with E-state index in [0.717, 1.165) is 18.9 Å². The highest BCUT2D eigenvalue weighted by atomic mass is 15.2. The van der Waals surface area contributed by atoms with Crippen molar-refractivity contribution in [2.45, 2.75) is 25.8 Å². The highest BCUT2D eigenvalue weighted by Crippen LogP contribution is 2.30. The lowest BCUT2D eigenvalue weighted by Gasteiger charge is -2.24. The van der Waals surface area contributed by atoms with Gasteiger partial charge in [0.1, 0.15) is 5.82 Å². The van der Waals surface area contributed by atoms with Gasteiger partial charge < -0.3 is 14.8 Å².